The van der Waals surface area contributed by atoms with Crippen LogP contribution in [0.1, 0.15) is 34.0 Å². The lowest BCUT2D eigenvalue weighted by Gasteiger charge is -2.06. The normalized spacial score (nSPS) is 10.4. The fraction of sp³-hybridized carbons (Fsp3) is 0.0714. The van der Waals surface area contributed by atoms with Crippen LogP contribution in [-0.2, 0) is 4.79 Å². The molecule has 4 N–H and O–H groups in total. The maximum Gasteiger partial charge on any atom is 0.335 e. The van der Waals surface area contributed by atoms with E-state index >= 15 is 0 Å². The van der Waals surface area contributed by atoms with Crippen molar-refractivity contribution in [2.24, 2.45) is 20.5 Å². The largest absolute Gasteiger partial charge is 0.478 e. The molecule has 1 heterocycles. The monoisotopic (exact) mass is 595 g/mol. The van der Waals surface area contributed by atoms with Crippen LogP contribution >= 0.6 is 11.3 Å². The lowest BCUT2D eigenvalue weighted by atomic mass is 10.2. The molecular formula is C28H21N9O5S. The van der Waals surface area contributed by atoms with Crippen molar-refractivity contribution < 1.29 is 19.6 Å². The molecule has 0 atom stereocenters. The number of nitriles is 2. The molecule has 0 bridgehead atoms. The predicted molar refractivity (Wildman–Crippen MR) is 158 cm³/mol. The van der Waals surface area contributed by atoms with Crippen molar-refractivity contribution in [3.05, 3.63) is 99.1 Å². The summed E-state index contributed by atoms with van der Waals surface area (Å²) in [6.45, 7) is 3.27. The number of aryl methyl sites for hydroxylation is 1. The van der Waals surface area contributed by atoms with Crippen molar-refractivity contribution >= 4 is 61.7 Å². The summed E-state index contributed by atoms with van der Waals surface area (Å²) in [5.41, 5.74) is 8.36. The molecule has 15 heteroatoms. The second kappa shape index (κ2) is 14.4. The summed E-state index contributed by atoms with van der Waals surface area (Å²) in [4.78, 5) is 32.0. The molecule has 3 aromatic carbocycles. The van der Waals surface area contributed by atoms with E-state index in [1.807, 2.05) is 19.1 Å². The van der Waals surface area contributed by atoms with Gasteiger partial charge in [0, 0.05) is 24.7 Å². The third-order valence-corrected chi connectivity index (χ3v) is 6.17. The first kappa shape index (κ1) is 31.2. The molecule has 4 aromatic rings. The number of anilines is 2. The van der Waals surface area contributed by atoms with Gasteiger partial charge >= 0.3 is 5.97 Å². The number of nitrogens with one attached hydrogen (secondary N) is 1. The predicted octanol–water partition coefficient (Wildman–Crippen LogP) is 7.46. The number of carbonyl (C=O) groups is 2. The second-order valence-corrected chi connectivity index (χ2v) is 9.52. The van der Waals surface area contributed by atoms with Gasteiger partial charge in [0.2, 0.25) is 5.91 Å². The highest BCUT2D eigenvalue weighted by Crippen LogP contribution is 2.39. The molecule has 0 aliphatic carbocycles. The summed E-state index contributed by atoms with van der Waals surface area (Å²) in [5.74, 6) is -1.18. The number of carbonyl (C=O) groups excluding carboxylic acids is 1. The van der Waals surface area contributed by atoms with E-state index in [-0.39, 0.29) is 33.4 Å². The SMILES string of the molecule is CC(=O)Nc1cc(N)ccc1N=Nc1sc(N=Nc2ccc([N+](=O)[O-])cc2C#N)cc1C#N.Cc1ccc(C(=O)O)cc1. The Hall–Kier alpha value is -6.32. The maximum atomic E-state index is 11.4. The standard InChI is InChI=1S/C20H13N9O3S.C8H8O2/c1-11(30)24-18-8-14(23)2-4-17(18)26-28-20-13(10-22)7-19(33-20)27-25-16-5-3-15(29(31)32)6-12(16)9-21;1-6-2-4-7(5-3-6)8(9)10/h2-8H,23H2,1H3,(H,24,30);2-5H,1H3,(H,9,10). The van der Waals surface area contributed by atoms with Crippen LogP contribution in [0.5, 0.6) is 0 Å². The molecule has 0 radical (unpaired) electrons. The zero-order valence-corrected chi connectivity index (χ0v) is 23.4. The first-order chi connectivity index (χ1) is 20.5. The van der Waals surface area contributed by atoms with Crippen LogP contribution < -0.4 is 11.1 Å². The number of benzene rings is 3. The number of non-ortho nitro benzene ring substituents is 1. The van der Waals surface area contributed by atoms with Crippen molar-refractivity contribution in [1.29, 1.82) is 10.5 Å². The summed E-state index contributed by atoms with van der Waals surface area (Å²) in [6.07, 6.45) is 0. The molecule has 4 rings (SSSR count). The van der Waals surface area contributed by atoms with Crippen molar-refractivity contribution in [2.75, 3.05) is 11.1 Å². The van der Waals surface area contributed by atoms with Crippen molar-refractivity contribution in [3.8, 4) is 12.1 Å². The summed E-state index contributed by atoms with van der Waals surface area (Å²) in [5, 5.41) is 57.2. The number of nitro benzene ring substituents is 1. The second-order valence-electron chi connectivity index (χ2n) is 8.51. The Kier molecular flexibility index (Phi) is 10.4. The number of nitrogen functional groups attached to an aromatic ring is 1. The van der Waals surface area contributed by atoms with Crippen LogP contribution in [0.3, 0.4) is 0 Å². The van der Waals surface area contributed by atoms with Gasteiger partial charge in [-0.15, -0.1) is 20.5 Å². The van der Waals surface area contributed by atoms with Gasteiger partial charge in [-0.05, 0) is 49.4 Å². The number of aromatic carboxylic acids is 1. The van der Waals surface area contributed by atoms with Gasteiger partial charge in [0.1, 0.15) is 28.5 Å². The zero-order valence-electron chi connectivity index (χ0n) is 22.5. The van der Waals surface area contributed by atoms with Crippen LogP contribution in [0, 0.1) is 39.7 Å². The number of carboxylic acids is 1. The fourth-order valence-corrected chi connectivity index (χ4v) is 3.97. The quantitative estimate of drug-likeness (QED) is 0.0836. The van der Waals surface area contributed by atoms with Crippen LogP contribution in [-0.4, -0.2) is 21.9 Å². The van der Waals surface area contributed by atoms with E-state index in [4.69, 9.17) is 10.8 Å². The Balaban J connectivity index is 0.000000428. The van der Waals surface area contributed by atoms with Crippen molar-refractivity contribution in [1.82, 2.24) is 0 Å². The van der Waals surface area contributed by atoms with Crippen molar-refractivity contribution in [2.45, 2.75) is 13.8 Å². The molecule has 14 nitrogen and oxygen atoms in total. The minimum atomic E-state index is -0.875. The average Bonchev–Trinajstić information content (AvgIpc) is 3.37. The van der Waals surface area contributed by atoms with Crippen molar-refractivity contribution in [3.63, 3.8) is 0 Å². The number of hydrogen-bond donors (Lipinski definition) is 3. The Bertz CT molecular complexity index is 1830. The van der Waals surface area contributed by atoms with Gasteiger partial charge < -0.3 is 16.2 Å². The van der Waals surface area contributed by atoms with Gasteiger partial charge in [-0.25, -0.2) is 4.79 Å². The Labute approximate surface area is 248 Å². The van der Waals surface area contributed by atoms with Crippen LogP contribution in [0.15, 0.2) is 87.2 Å². The highest BCUT2D eigenvalue weighted by atomic mass is 32.1. The number of hydrogen-bond acceptors (Lipinski definition) is 12. The van der Waals surface area contributed by atoms with Gasteiger partial charge in [0.25, 0.3) is 5.69 Å². The highest BCUT2D eigenvalue weighted by molar-refractivity contribution is 7.19. The Morgan fingerprint density at radius 2 is 1.58 bits per heavy atom. The number of rotatable bonds is 7. The first-order valence-corrected chi connectivity index (χ1v) is 12.9. The van der Waals surface area contributed by atoms with Crippen LogP contribution in [0.4, 0.5) is 38.4 Å². The van der Waals surface area contributed by atoms with Gasteiger partial charge in [-0.3, -0.25) is 14.9 Å². The summed E-state index contributed by atoms with van der Waals surface area (Å²) in [7, 11) is 0. The number of thiophene rings is 1. The van der Waals surface area contributed by atoms with Crippen LogP contribution in [0.25, 0.3) is 0 Å². The van der Waals surface area contributed by atoms with E-state index < -0.39 is 10.9 Å². The summed E-state index contributed by atoms with van der Waals surface area (Å²) < 4.78 is 0. The molecule has 43 heavy (non-hydrogen) atoms. The maximum absolute atomic E-state index is 11.4. The molecule has 1 aromatic heterocycles. The van der Waals surface area contributed by atoms with Gasteiger partial charge in [0.15, 0.2) is 5.00 Å². The van der Waals surface area contributed by atoms with E-state index in [9.17, 15) is 30.2 Å². The van der Waals surface area contributed by atoms with Gasteiger partial charge in [0.05, 0.1) is 27.3 Å². The highest BCUT2D eigenvalue weighted by Gasteiger charge is 2.12. The number of nitro groups is 1. The minimum absolute atomic E-state index is 0.0150. The summed E-state index contributed by atoms with van der Waals surface area (Å²) in [6, 6.07) is 20.3. The Morgan fingerprint density at radius 3 is 2.19 bits per heavy atom. The van der Waals surface area contributed by atoms with Crippen LogP contribution in [0.2, 0.25) is 0 Å². The third-order valence-electron chi connectivity index (χ3n) is 5.27. The van der Waals surface area contributed by atoms with E-state index in [0.717, 1.165) is 23.0 Å². The summed E-state index contributed by atoms with van der Waals surface area (Å²) >= 11 is 1.02. The molecule has 1 amide bonds. The molecule has 0 saturated carbocycles. The number of nitrogens with two attached hydrogens (primary N) is 1. The lowest BCUT2D eigenvalue weighted by Crippen LogP contribution is -2.06. The third kappa shape index (κ3) is 8.84. The average molecular weight is 596 g/mol. The van der Waals surface area contributed by atoms with Gasteiger partial charge in [-0.1, -0.05) is 29.0 Å². The first-order valence-electron chi connectivity index (χ1n) is 12.0. The number of carboxylic acid groups (broad SMARTS) is 1. The van der Waals surface area contributed by atoms with Gasteiger partial charge in [-0.2, -0.15) is 10.5 Å². The molecule has 0 aliphatic heterocycles. The minimum Gasteiger partial charge on any atom is -0.478 e. The molecule has 214 valence electrons. The fourth-order valence-electron chi connectivity index (χ4n) is 3.22. The molecule has 0 fully saturated rings. The number of amides is 1. The lowest BCUT2D eigenvalue weighted by molar-refractivity contribution is -0.384. The molecule has 0 spiro atoms. The van der Waals surface area contributed by atoms with E-state index in [1.54, 1.807) is 36.4 Å². The zero-order chi connectivity index (χ0) is 31.5. The molecular weight excluding hydrogens is 574 g/mol. The van der Waals surface area contributed by atoms with E-state index in [1.165, 1.54) is 31.2 Å². The number of azo groups is 2. The number of nitrogens with zero attached hydrogens (tertiary/aromatic N) is 7. The molecule has 0 unspecified atom stereocenters. The van der Waals surface area contributed by atoms with E-state index in [2.05, 4.69) is 25.8 Å². The van der Waals surface area contributed by atoms with E-state index in [0.29, 0.717) is 27.6 Å². The smallest absolute Gasteiger partial charge is 0.335 e. The molecule has 0 saturated heterocycles. The topological polar surface area (TPSA) is 233 Å². The molecule has 0 aliphatic rings. The Morgan fingerprint density at radius 1 is 0.930 bits per heavy atom.